The maximum Gasteiger partial charge on any atom is 0.335 e. The van der Waals surface area contributed by atoms with Crippen LogP contribution in [0.2, 0.25) is 0 Å². The molecule has 1 atom stereocenters. The van der Waals surface area contributed by atoms with Crippen molar-refractivity contribution in [2.45, 2.75) is 26.3 Å². The molecule has 116 valence electrons. The Labute approximate surface area is 132 Å². The molecule has 0 saturated heterocycles. The molecule has 7 heteroatoms. The number of rotatable bonds is 5. The third-order valence-corrected chi connectivity index (χ3v) is 4.15. The zero-order chi connectivity index (χ0) is 16.3. The number of amides is 1. The first kappa shape index (κ1) is 16.1. The third kappa shape index (κ3) is 3.90. The number of thiazole rings is 1. The molecule has 1 amide bonds. The second kappa shape index (κ2) is 6.67. The van der Waals surface area contributed by atoms with Crippen molar-refractivity contribution in [1.82, 2.24) is 4.98 Å². The Balaban J connectivity index is 2.08. The summed E-state index contributed by atoms with van der Waals surface area (Å²) in [5, 5.41) is 14.3. The highest BCUT2D eigenvalue weighted by Gasteiger charge is 2.12. The molecule has 0 aliphatic heterocycles. The number of aromatic carboxylic acids is 1. The molecule has 6 nitrogen and oxygen atoms in total. The van der Waals surface area contributed by atoms with Gasteiger partial charge in [0, 0.05) is 11.1 Å². The highest BCUT2D eigenvalue weighted by molar-refractivity contribution is 7.09. The van der Waals surface area contributed by atoms with Gasteiger partial charge >= 0.3 is 5.97 Å². The summed E-state index contributed by atoms with van der Waals surface area (Å²) in [5.74, 6) is -1.27. The normalized spacial score (nSPS) is 12.0. The zero-order valence-corrected chi connectivity index (χ0v) is 13.1. The van der Waals surface area contributed by atoms with Crippen molar-refractivity contribution in [2.75, 3.05) is 5.32 Å². The Bertz CT molecular complexity index is 710. The van der Waals surface area contributed by atoms with Gasteiger partial charge in [-0.05, 0) is 31.5 Å². The van der Waals surface area contributed by atoms with Gasteiger partial charge in [-0.25, -0.2) is 9.78 Å². The molecular weight excluding hydrogens is 302 g/mol. The molecule has 2 rings (SSSR count). The van der Waals surface area contributed by atoms with Crippen molar-refractivity contribution in [3.63, 3.8) is 0 Å². The van der Waals surface area contributed by atoms with Gasteiger partial charge in [0.25, 0.3) is 0 Å². The van der Waals surface area contributed by atoms with Crippen LogP contribution in [0, 0.1) is 6.92 Å². The number of carboxylic acids is 1. The summed E-state index contributed by atoms with van der Waals surface area (Å²) in [5.41, 5.74) is 7.82. The Morgan fingerprint density at radius 1 is 1.45 bits per heavy atom. The first-order valence-corrected chi connectivity index (χ1v) is 7.58. The third-order valence-electron chi connectivity index (χ3n) is 3.06. The summed E-state index contributed by atoms with van der Waals surface area (Å²) in [6.45, 7) is 3.64. The fourth-order valence-corrected chi connectivity index (χ4v) is 2.64. The molecular formula is C15H17N3O3S. The number of benzene rings is 1. The summed E-state index contributed by atoms with van der Waals surface area (Å²) in [7, 11) is 0. The number of nitrogens with zero attached hydrogens (tertiary/aromatic N) is 1. The predicted octanol–water partition coefficient (Wildman–Crippen LogP) is 2.35. The van der Waals surface area contributed by atoms with Gasteiger partial charge in [0.1, 0.15) is 5.01 Å². The number of anilines is 1. The summed E-state index contributed by atoms with van der Waals surface area (Å²) < 4.78 is 0. The quantitative estimate of drug-likeness (QED) is 0.784. The summed E-state index contributed by atoms with van der Waals surface area (Å²) in [6, 6.07) is 4.46. The van der Waals surface area contributed by atoms with Crippen molar-refractivity contribution >= 4 is 28.9 Å². The van der Waals surface area contributed by atoms with Crippen LogP contribution >= 0.6 is 11.3 Å². The van der Waals surface area contributed by atoms with Crippen molar-refractivity contribution in [1.29, 1.82) is 0 Å². The van der Waals surface area contributed by atoms with E-state index in [0.29, 0.717) is 11.4 Å². The van der Waals surface area contributed by atoms with Crippen LogP contribution in [0.15, 0.2) is 23.6 Å². The largest absolute Gasteiger partial charge is 0.478 e. The van der Waals surface area contributed by atoms with Crippen LogP contribution < -0.4 is 11.1 Å². The average Bonchev–Trinajstić information content (AvgIpc) is 2.89. The van der Waals surface area contributed by atoms with Crippen molar-refractivity contribution < 1.29 is 14.7 Å². The minimum Gasteiger partial charge on any atom is -0.478 e. The molecule has 0 fully saturated rings. The minimum atomic E-state index is -1.03. The standard InChI is InChI=1S/C15H17N3O3S/c1-8-3-4-10(15(20)21)5-12(8)18-13(19)6-11-7-22-14(17-11)9(2)16/h3-5,7,9H,6,16H2,1-2H3,(H,18,19)(H,20,21). The van der Waals surface area contributed by atoms with Gasteiger partial charge in [-0.2, -0.15) is 0 Å². The van der Waals surface area contributed by atoms with Gasteiger partial charge in [0.2, 0.25) is 5.91 Å². The van der Waals surface area contributed by atoms with Crippen LogP contribution in [-0.4, -0.2) is 22.0 Å². The number of nitrogens with one attached hydrogen (secondary N) is 1. The van der Waals surface area contributed by atoms with Crippen LogP contribution in [-0.2, 0) is 11.2 Å². The van der Waals surface area contributed by atoms with Gasteiger partial charge in [0.15, 0.2) is 0 Å². The molecule has 1 unspecified atom stereocenters. The van der Waals surface area contributed by atoms with E-state index in [-0.39, 0.29) is 23.9 Å². The first-order chi connectivity index (χ1) is 10.4. The average molecular weight is 319 g/mol. The maximum absolute atomic E-state index is 12.1. The molecule has 2 aromatic rings. The van der Waals surface area contributed by atoms with E-state index < -0.39 is 5.97 Å². The van der Waals surface area contributed by atoms with Crippen molar-refractivity contribution in [3.8, 4) is 0 Å². The number of hydrogen-bond donors (Lipinski definition) is 3. The van der Waals surface area contributed by atoms with Gasteiger partial charge < -0.3 is 16.2 Å². The summed E-state index contributed by atoms with van der Waals surface area (Å²) in [6.07, 6.45) is 0.125. The fraction of sp³-hybridized carbons (Fsp3) is 0.267. The lowest BCUT2D eigenvalue weighted by atomic mass is 10.1. The lowest BCUT2D eigenvalue weighted by Crippen LogP contribution is -2.16. The highest BCUT2D eigenvalue weighted by Crippen LogP contribution is 2.19. The molecule has 1 aromatic heterocycles. The summed E-state index contributed by atoms with van der Waals surface area (Å²) >= 11 is 1.42. The van der Waals surface area contributed by atoms with E-state index in [1.807, 2.05) is 6.92 Å². The number of aryl methyl sites for hydroxylation is 1. The molecule has 4 N–H and O–H groups in total. The van der Waals surface area contributed by atoms with Gasteiger partial charge in [-0.1, -0.05) is 6.07 Å². The SMILES string of the molecule is Cc1ccc(C(=O)O)cc1NC(=O)Cc1csc(C(C)N)n1. The van der Waals surface area contributed by atoms with E-state index in [0.717, 1.165) is 10.6 Å². The lowest BCUT2D eigenvalue weighted by molar-refractivity contribution is -0.115. The van der Waals surface area contributed by atoms with Crippen LogP contribution in [0.1, 0.15) is 39.6 Å². The zero-order valence-electron chi connectivity index (χ0n) is 12.3. The molecule has 0 radical (unpaired) electrons. The van der Waals surface area contributed by atoms with Gasteiger partial charge in [0.05, 0.1) is 23.7 Å². The monoisotopic (exact) mass is 319 g/mol. The van der Waals surface area contributed by atoms with Crippen LogP contribution in [0.4, 0.5) is 5.69 Å². The second-order valence-electron chi connectivity index (χ2n) is 5.03. The van der Waals surface area contributed by atoms with E-state index >= 15 is 0 Å². The van der Waals surface area contributed by atoms with Crippen LogP contribution in [0.3, 0.4) is 0 Å². The van der Waals surface area contributed by atoms with Crippen LogP contribution in [0.5, 0.6) is 0 Å². The Kier molecular flexibility index (Phi) is 4.89. The number of aromatic nitrogens is 1. The first-order valence-electron chi connectivity index (χ1n) is 6.70. The molecule has 0 spiro atoms. The smallest absolute Gasteiger partial charge is 0.335 e. The van der Waals surface area contributed by atoms with Crippen molar-refractivity contribution in [3.05, 3.63) is 45.4 Å². The number of carboxylic acid groups (broad SMARTS) is 1. The maximum atomic E-state index is 12.1. The second-order valence-corrected chi connectivity index (χ2v) is 5.92. The topological polar surface area (TPSA) is 105 Å². The van der Waals surface area contributed by atoms with Crippen molar-refractivity contribution in [2.24, 2.45) is 5.73 Å². The number of nitrogens with two attached hydrogens (primary N) is 1. The fourth-order valence-electron chi connectivity index (χ4n) is 1.86. The summed E-state index contributed by atoms with van der Waals surface area (Å²) in [4.78, 5) is 27.3. The Morgan fingerprint density at radius 3 is 2.77 bits per heavy atom. The molecule has 1 heterocycles. The van der Waals surface area contributed by atoms with E-state index in [2.05, 4.69) is 10.3 Å². The molecule has 0 aliphatic carbocycles. The van der Waals surface area contributed by atoms with E-state index in [1.165, 1.54) is 23.5 Å². The van der Waals surface area contributed by atoms with E-state index in [4.69, 9.17) is 10.8 Å². The Hall–Kier alpha value is -2.25. The molecule has 0 saturated carbocycles. The molecule has 1 aromatic carbocycles. The number of hydrogen-bond acceptors (Lipinski definition) is 5. The molecule has 0 aliphatic rings. The van der Waals surface area contributed by atoms with E-state index in [1.54, 1.807) is 18.4 Å². The van der Waals surface area contributed by atoms with E-state index in [9.17, 15) is 9.59 Å². The number of carbonyl (C=O) groups is 2. The predicted molar refractivity (Wildman–Crippen MR) is 85.2 cm³/mol. The molecule has 0 bridgehead atoms. The lowest BCUT2D eigenvalue weighted by Gasteiger charge is -2.08. The minimum absolute atomic E-state index is 0.125. The Morgan fingerprint density at radius 2 is 2.18 bits per heavy atom. The highest BCUT2D eigenvalue weighted by atomic mass is 32.1. The van der Waals surface area contributed by atoms with Gasteiger partial charge in [-0.3, -0.25) is 4.79 Å². The molecule has 22 heavy (non-hydrogen) atoms. The van der Waals surface area contributed by atoms with Crippen LogP contribution in [0.25, 0.3) is 0 Å². The van der Waals surface area contributed by atoms with Gasteiger partial charge in [-0.15, -0.1) is 11.3 Å². The number of carbonyl (C=O) groups excluding carboxylic acids is 1.